The fraction of sp³-hybridized carbons (Fsp3) is 1.00. The van der Waals surface area contributed by atoms with Crippen LogP contribution in [-0.2, 0) is 26.4 Å². The van der Waals surface area contributed by atoms with Crippen LogP contribution in [0.1, 0.15) is 0 Å². The first-order valence-electron chi connectivity index (χ1n) is 4.05. The van der Waals surface area contributed by atoms with Crippen molar-refractivity contribution in [1.82, 2.24) is 0 Å². The van der Waals surface area contributed by atoms with E-state index >= 15 is 0 Å². The van der Waals surface area contributed by atoms with Crippen LogP contribution in [-0.4, -0.2) is 21.4 Å². The standard InChI is InChI=1S/2CH5ClO7P2.U/c2*2-9-11(7,8)1(3)10(4,5)6;/h2*1,3H,(H,7,8)(H2,4,5,6);/q;;+6/p-6. The van der Waals surface area contributed by atoms with E-state index in [4.69, 9.17) is 10.2 Å². The summed E-state index contributed by atoms with van der Waals surface area (Å²) in [4.78, 5) is 59.8. The third kappa shape index (κ3) is 11.5. The molecule has 0 aliphatic heterocycles. The molecule has 21 heteroatoms. The van der Waals surface area contributed by atoms with Crippen molar-refractivity contribution in [2.75, 3.05) is 0 Å². The molecule has 0 aromatic heterocycles. The summed E-state index contributed by atoms with van der Waals surface area (Å²) in [6.07, 6.45) is 0. The van der Waals surface area contributed by atoms with E-state index in [1.165, 1.54) is 0 Å². The molecule has 0 bridgehead atoms. The van der Waals surface area contributed by atoms with Gasteiger partial charge in [0.25, 0.3) is 0 Å². The van der Waals surface area contributed by atoms with Crippen molar-refractivity contribution in [3.63, 3.8) is 0 Å². The first-order valence-corrected chi connectivity index (χ1v) is 11.1. The minimum absolute atomic E-state index is 0. The van der Waals surface area contributed by atoms with Crippen molar-refractivity contribution in [1.29, 1.82) is 0 Å². The Morgan fingerprint density at radius 1 is 0.696 bits per heavy atom. The van der Waals surface area contributed by atoms with Gasteiger partial charge in [0, 0.05) is 0 Å². The Kier molecular flexibility index (Phi) is 14.4. The molecule has 23 heavy (non-hydrogen) atoms. The van der Waals surface area contributed by atoms with Gasteiger partial charge in [-0.2, -0.15) is 0 Å². The summed E-state index contributed by atoms with van der Waals surface area (Å²) in [7, 11) is -21.7. The van der Waals surface area contributed by atoms with E-state index in [1.54, 1.807) is 0 Å². The number of aliphatic hydroxyl groups is 2. The summed E-state index contributed by atoms with van der Waals surface area (Å²) < 4.78 is 46.2. The van der Waals surface area contributed by atoms with Crippen LogP contribution in [0.4, 0.5) is 0 Å². The second-order valence-corrected chi connectivity index (χ2v) is 11.2. The molecule has 0 saturated carbocycles. The summed E-state index contributed by atoms with van der Waals surface area (Å²) in [6.45, 7) is 0. The van der Waals surface area contributed by atoms with E-state index in [1.807, 2.05) is 0 Å². The topological polar surface area (TPSA) is 266 Å². The molecule has 0 rings (SSSR count). The molecule has 0 aliphatic carbocycles. The Morgan fingerprint density at radius 2 is 0.870 bits per heavy atom. The molecule has 0 saturated heterocycles. The van der Waals surface area contributed by atoms with Crippen LogP contribution >= 0.6 is 54.1 Å². The molecule has 0 heterocycles. The molecule has 0 aromatic carbocycles. The van der Waals surface area contributed by atoms with Crippen molar-refractivity contribution in [2.45, 2.75) is 11.2 Å². The van der Waals surface area contributed by atoms with Crippen LogP contribution in [0.5, 0.6) is 0 Å². The maximum Gasteiger partial charge on any atom is 6.00 e. The number of rotatable bonds is 6. The molecule has 2 N–H and O–H groups in total. The maximum absolute atomic E-state index is 10.2. The average Bonchev–Trinajstić information content (AvgIpc) is 2.35. The van der Waals surface area contributed by atoms with Crippen LogP contribution in [0.3, 0.4) is 0 Å². The van der Waals surface area contributed by atoms with Gasteiger partial charge in [0.1, 0.15) is 11.2 Å². The van der Waals surface area contributed by atoms with E-state index in [0.717, 1.165) is 0 Å². The van der Waals surface area contributed by atoms with Crippen LogP contribution in [0, 0.1) is 31.1 Å². The third-order valence-electron chi connectivity index (χ3n) is 1.32. The van der Waals surface area contributed by atoms with Gasteiger partial charge in [-0.15, -0.1) is 0 Å². The van der Waals surface area contributed by atoms with Crippen LogP contribution in [0.25, 0.3) is 0 Å². The van der Waals surface area contributed by atoms with E-state index in [0.29, 0.717) is 0 Å². The van der Waals surface area contributed by atoms with E-state index in [-0.39, 0.29) is 31.1 Å². The van der Waals surface area contributed by atoms with Crippen LogP contribution in [0.15, 0.2) is 0 Å². The first-order chi connectivity index (χ1) is 9.43. The Hall–Kier alpha value is 2.15. The van der Waals surface area contributed by atoms with Gasteiger partial charge in [-0.25, -0.2) is 8.15 Å². The minimum atomic E-state index is -5.62. The van der Waals surface area contributed by atoms with E-state index in [9.17, 15) is 47.6 Å². The molecular weight excluding hydrogens is 681 g/mol. The molecule has 14 nitrogen and oxygen atoms in total. The predicted molar refractivity (Wildman–Crippen MR) is 56.3 cm³/mol. The smallest absolute Gasteiger partial charge is 0.809 e. The van der Waals surface area contributed by atoms with E-state index < -0.39 is 41.6 Å². The van der Waals surface area contributed by atoms with Crippen LogP contribution in [0.2, 0.25) is 0 Å². The monoisotopic (exact) mass is 684 g/mol. The molecule has 0 radical (unpaired) electrons. The molecule has 0 amide bonds. The number of halogens is 2. The van der Waals surface area contributed by atoms with Gasteiger partial charge < -0.3 is 57.8 Å². The Labute approximate surface area is 161 Å². The number of hydrogen-bond acceptors (Lipinski definition) is 14. The molecule has 0 spiro atoms. The van der Waals surface area contributed by atoms with Gasteiger partial charge in [-0.1, -0.05) is 0 Å². The first kappa shape index (κ1) is 29.9. The van der Waals surface area contributed by atoms with Gasteiger partial charge in [0.05, 0.1) is 23.7 Å². The van der Waals surface area contributed by atoms with Gasteiger partial charge in [0.2, 0.25) is 0 Å². The maximum atomic E-state index is 10.2. The zero-order chi connectivity index (χ0) is 18.6. The normalized spacial score (nSPS) is 19.9. The molecule has 4 atom stereocenters. The van der Waals surface area contributed by atoms with Gasteiger partial charge >= 0.3 is 31.1 Å². The van der Waals surface area contributed by atoms with Gasteiger partial charge in [-0.05, 0) is 15.2 Å². The Morgan fingerprint density at radius 3 is 0.913 bits per heavy atom. The van der Waals surface area contributed by atoms with Crippen LogP contribution < -0.4 is 29.4 Å². The summed E-state index contributed by atoms with van der Waals surface area (Å²) in [5.41, 5.74) is -6.26. The summed E-state index contributed by atoms with van der Waals surface area (Å²) >= 11 is 8.52. The number of hydrogen-bond donors (Lipinski definition) is 2. The Balaban J connectivity index is -0.000000333. The molecule has 0 aromatic rings. The van der Waals surface area contributed by atoms with Crippen molar-refractivity contribution >= 4 is 54.1 Å². The summed E-state index contributed by atoms with van der Waals surface area (Å²) in [5.74, 6) is 0. The van der Waals surface area contributed by atoms with Gasteiger partial charge in [0.15, 0.2) is 15.2 Å². The summed E-state index contributed by atoms with van der Waals surface area (Å²) in [5, 5.41) is 16.5. The van der Waals surface area contributed by atoms with E-state index in [2.05, 4.69) is 31.9 Å². The molecule has 0 aliphatic rings. The molecule has 134 valence electrons. The third-order valence-corrected chi connectivity index (χ3v) is 8.52. The number of aliphatic hydroxyl groups excluding tert-OH is 2. The van der Waals surface area contributed by atoms with Crippen molar-refractivity contribution in [2.24, 2.45) is 0 Å². The predicted octanol–water partition coefficient (Wildman–Crippen LogP) is -4.20. The Bertz CT molecular complexity index is 491. The molecule has 4 unspecified atom stereocenters. The summed E-state index contributed by atoms with van der Waals surface area (Å²) in [6, 6.07) is 0. The average molecular weight is 685 g/mol. The largest absolute Gasteiger partial charge is 6.00 e. The quantitative estimate of drug-likeness (QED) is 0.251. The van der Waals surface area contributed by atoms with Crippen molar-refractivity contribution in [3.8, 4) is 0 Å². The van der Waals surface area contributed by atoms with Crippen molar-refractivity contribution < 1.29 is 97.1 Å². The van der Waals surface area contributed by atoms with Crippen molar-refractivity contribution in [3.05, 3.63) is 0 Å². The second kappa shape index (κ2) is 11.1. The SMILES string of the molecule is O=P([O-])([O-])C(O)P(=O)([O-])OCl.O=P([O-])([O-])C(O)P(=O)([O-])OCl.[U+6]. The zero-order valence-electron chi connectivity index (χ0n) is 9.99. The van der Waals surface area contributed by atoms with Gasteiger partial charge in [-0.3, -0.25) is 0 Å². The minimum Gasteiger partial charge on any atom is -0.809 e. The zero-order valence-corrected chi connectivity index (χ0v) is 19.2. The fourth-order valence-corrected chi connectivity index (χ4v) is 4.40. The fourth-order valence-electron chi connectivity index (χ4n) is 0.418. The second-order valence-electron chi connectivity index (χ2n) is 2.99. The molecule has 0 fully saturated rings. The molecular formula is C2H4Cl2O14P4U.